The van der Waals surface area contributed by atoms with Gasteiger partial charge in [-0.2, -0.15) is 0 Å². The maximum atomic E-state index is 11.8. The fourth-order valence-corrected chi connectivity index (χ4v) is 2.02. The zero-order valence-corrected chi connectivity index (χ0v) is 12.8. The quantitative estimate of drug-likeness (QED) is 0.807. The highest BCUT2D eigenvalue weighted by Crippen LogP contribution is 2.26. The van der Waals surface area contributed by atoms with E-state index in [1.54, 1.807) is 6.92 Å². The van der Waals surface area contributed by atoms with Crippen molar-refractivity contribution in [2.75, 3.05) is 6.61 Å². The fraction of sp³-hybridized carbons (Fsp3) is 0.562. The van der Waals surface area contributed by atoms with Crippen molar-refractivity contribution >= 4 is 5.91 Å². The van der Waals surface area contributed by atoms with E-state index in [9.17, 15) is 9.90 Å². The molecule has 0 spiro atoms. The summed E-state index contributed by atoms with van der Waals surface area (Å²) in [4.78, 5) is 11.8. The van der Waals surface area contributed by atoms with Crippen molar-refractivity contribution in [1.82, 2.24) is 5.32 Å². The van der Waals surface area contributed by atoms with Gasteiger partial charge in [0.25, 0.3) is 5.91 Å². The van der Waals surface area contributed by atoms with Crippen LogP contribution in [0.2, 0.25) is 0 Å². The molecule has 0 fully saturated rings. The molecule has 1 atom stereocenters. The number of aliphatic hydroxyl groups excluding tert-OH is 1. The van der Waals surface area contributed by atoms with E-state index in [0.717, 1.165) is 18.4 Å². The van der Waals surface area contributed by atoms with Crippen LogP contribution in [-0.4, -0.2) is 23.7 Å². The third kappa shape index (κ3) is 4.85. The summed E-state index contributed by atoms with van der Waals surface area (Å²) in [5, 5.41) is 12.6. The lowest BCUT2D eigenvalue weighted by Gasteiger charge is -2.17. The van der Waals surface area contributed by atoms with Gasteiger partial charge in [0.2, 0.25) is 0 Å². The zero-order valence-electron chi connectivity index (χ0n) is 12.8. The van der Waals surface area contributed by atoms with Gasteiger partial charge in [0.1, 0.15) is 5.75 Å². The minimum atomic E-state index is -0.618. The maximum absolute atomic E-state index is 11.8. The molecule has 4 nitrogen and oxygen atoms in total. The summed E-state index contributed by atoms with van der Waals surface area (Å²) in [6.07, 6.45) is 1.20. The highest BCUT2D eigenvalue weighted by Gasteiger charge is 2.12. The third-order valence-corrected chi connectivity index (χ3v) is 3.33. The Morgan fingerprint density at radius 2 is 2.00 bits per heavy atom. The highest BCUT2D eigenvalue weighted by atomic mass is 16.5. The summed E-state index contributed by atoms with van der Waals surface area (Å²) in [5.74, 6) is 0.441. The normalized spacial score (nSPS) is 12.3. The molecule has 0 unspecified atom stereocenters. The monoisotopic (exact) mass is 279 g/mol. The number of aliphatic hydroxyl groups is 1. The summed E-state index contributed by atoms with van der Waals surface area (Å²) in [5.41, 5.74) is 1.73. The summed E-state index contributed by atoms with van der Waals surface area (Å²) >= 11 is 0. The molecular weight excluding hydrogens is 254 g/mol. The van der Waals surface area contributed by atoms with Crippen molar-refractivity contribution in [1.29, 1.82) is 0 Å². The van der Waals surface area contributed by atoms with Crippen LogP contribution in [0.1, 0.15) is 50.8 Å². The topological polar surface area (TPSA) is 58.6 Å². The molecule has 4 heteroatoms. The Hall–Kier alpha value is -1.55. The van der Waals surface area contributed by atoms with Gasteiger partial charge in [-0.15, -0.1) is 0 Å². The van der Waals surface area contributed by atoms with E-state index in [-0.39, 0.29) is 18.6 Å². The van der Waals surface area contributed by atoms with E-state index in [4.69, 9.17) is 4.74 Å². The van der Waals surface area contributed by atoms with Gasteiger partial charge in [0, 0.05) is 11.6 Å². The Labute approximate surface area is 121 Å². The van der Waals surface area contributed by atoms with Crippen LogP contribution in [0.4, 0.5) is 0 Å². The number of hydrogen-bond donors (Lipinski definition) is 2. The van der Waals surface area contributed by atoms with Crippen LogP contribution < -0.4 is 10.1 Å². The Morgan fingerprint density at radius 3 is 2.55 bits per heavy atom. The number of aryl methyl sites for hydroxylation is 1. The largest absolute Gasteiger partial charge is 0.483 e. The first kappa shape index (κ1) is 16.5. The number of ether oxygens (including phenoxy) is 1. The van der Waals surface area contributed by atoms with Crippen LogP contribution in [0.15, 0.2) is 18.2 Å². The van der Waals surface area contributed by atoms with Crippen molar-refractivity contribution in [2.24, 2.45) is 0 Å². The van der Waals surface area contributed by atoms with Gasteiger partial charge in [-0.25, -0.2) is 0 Å². The Balaban J connectivity index is 2.65. The summed E-state index contributed by atoms with van der Waals surface area (Å²) in [7, 11) is 0. The summed E-state index contributed by atoms with van der Waals surface area (Å²) in [6.45, 7) is 7.69. The lowest BCUT2D eigenvalue weighted by Crippen LogP contribution is -2.37. The van der Waals surface area contributed by atoms with Crippen LogP contribution in [0.5, 0.6) is 5.75 Å². The lowest BCUT2D eigenvalue weighted by molar-refractivity contribution is -0.123. The molecule has 0 saturated heterocycles. The molecule has 0 aliphatic heterocycles. The van der Waals surface area contributed by atoms with Crippen LogP contribution in [0.3, 0.4) is 0 Å². The average molecular weight is 279 g/mol. The van der Waals surface area contributed by atoms with Gasteiger partial charge in [0.15, 0.2) is 6.61 Å². The summed E-state index contributed by atoms with van der Waals surface area (Å²) < 4.78 is 5.56. The zero-order chi connectivity index (χ0) is 15.1. The van der Waals surface area contributed by atoms with Crippen molar-refractivity contribution in [3.63, 3.8) is 0 Å². The maximum Gasteiger partial charge on any atom is 0.258 e. The molecule has 1 aromatic carbocycles. The molecule has 1 rings (SSSR count). The van der Waals surface area contributed by atoms with Crippen LogP contribution >= 0.6 is 0 Å². The van der Waals surface area contributed by atoms with Gasteiger partial charge in [-0.1, -0.05) is 26.0 Å². The number of amides is 1. The van der Waals surface area contributed by atoms with Crippen molar-refractivity contribution in [2.45, 2.75) is 52.7 Å². The number of hydrogen-bond acceptors (Lipinski definition) is 3. The number of nitrogens with one attached hydrogen (secondary N) is 1. The number of rotatable bonds is 7. The van der Waals surface area contributed by atoms with Gasteiger partial charge in [0.05, 0.1) is 6.10 Å². The van der Waals surface area contributed by atoms with Gasteiger partial charge < -0.3 is 15.2 Å². The minimum absolute atomic E-state index is 0.0281. The molecule has 1 aromatic rings. The average Bonchev–Trinajstić information content (AvgIpc) is 2.42. The van der Waals surface area contributed by atoms with E-state index in [1.807, 2.05) is 39.0 Å². The van der Waals surface area contributed by atoms with E-state index in [0.29, 0.717) is 11.3 Å². The molecule has 0 aliphatic rings. The predicted molar refractivity (Wildman–Crippen MR) is 79.8 cm³/mol. The molecule has 0 radical (unpaired) electrons. The highest BCUT2D eigenvalue weighted by molar-refractivity contribution is 5.77. The molecule has 112 valence electrons. The molecule has 0 saturated carbocycles. The molecule has 0 aromatic heterocycles. The molecule has 1 amide bonds. The van der Waals surface area contributed by atoms with E-state index in [2.05, 4.69) is 5.32 Å². The smallest absolute Gasteiger partial charge is 0.258 e. The Bertz CT molecular complexity index is 439. The molecule has 20 heavy (non-hydrogen) atoms. The molecule has 2 N–H and O–H groups in total. The van der Waals surface area contributed by atoms with E-state index in [1.165, 1.54) is 0 Å². The molecule has 0 heterocycles. The van der Waals surface area contributed by atoms with Gasteiger partial charge >= 0.3 is 0 Å². The van der Waals surface area contributed by atoms with Crippen LogP contribution in [0, 0.1) is 6.92 Å². The van der Waals surface area contributed by atoms with Crippen LogP contribution in [-0.2, 0) is 4.79 Å². The second-order valence-electron chi connectivity index (χ2n) is 5.09. The fourth-order valence-electron chi connectivity index (χ4n) is 2.02. The third-order valence-electron chi connectivity index (χ3n) is 3.33. The van der Waals surface area contributed by atoms with E-state index >= 15 is 0 Å². The molecular formula is C16H25NO3. The number of carbonyl (C=O) groups is 1. The molecule has 0 bridgehead atoms. The second-order valence-corrected chi connectivity index (χ2v) is 5.09. The van der Waals surface area contributed by atoms with Gasteiger partial charge in [-0.05, 0) is 38.3 Å². The number of carbonyl (C=O) groups excluding carboxylic acids is 1. The van der Waals surface area contributed by atoms with Crippen molar-refractivity contribution in [3.8, 4) is 5.75 Å². The number of benzene rings is 1. The first-order valence-electron chi connectivity index (χ1n) is 7.18. The Morgan fingerprint density at radius 1 is 1.35 bits per heavy atom. The first-order chi connectivity index (χ1) is 9.47. The molecule has 0 aliphatic carbocycles. The van der Waals surface area contributed by atoms with Gasteiger partial charge in [-0.3, -0.25) is 4.79 Å². The SMILES string of the molecule is CCC(CC)NC(=O)COc1cc(C)ccc1[C@@H](C)O. The second kappa shape index (κ2) is 7.90. The lowest BCUT2D eigenvalue weighted by atomic mass is 10.1. The first-order valence-corrected chi connectivity index (χ1v) is 7.18. The standard InChI is InChI=1S/C16H25NO3/c1-5-13(6-2)17-16(19)10-20-15-9-11(3)7-8-14(15)12(4)18/h7-9,12-13,18H,5-6,10H2,1-4H3,(H,17,19)/t12-/m1/s1. The Kier molecular flexibility index (Phi) is 6.52. The minimum Gasteiger partial charge on any atom is -0.483 e. The van der Waals surface area contributed by atoms with Crippen molar-refractivity contribution in [3.05, 3.63) is 29.3 Å². The van der Waals surface area contributed by atoms with Crippen molar-refractivity contribution < 1.29 is 14.6 Å². The summed E-state index contributed by atoms with van der Waals surface area (Å²) in [6, 6.07) is 5.78. The van der Waals surface area contributed by atoms with E-state index < -0.39 is 6.10 Å². The van der Waals surface area contributed by atoms with Crippen LogP contribution in [0.25, 0.3) is 0 Å². The predicted octanol–water partition coefficient (Wildman–Crippen LogP) is 2.73.